The predicted molar refractivity (Wildman–Crippen MR) is 109 cm³/mol. The zero-order valence-electron chi connectivity index (χ0n) is 16.6. The Morgan fingerprint density at radius 2 is 1.63 bits per heavy atom. The molecule has 0 saturated carbocycles. The van der Waals surface area contributed by atoms with E-state index in [2.05, 4.69) is 23.6 Å². The van der Waals surface area contributed by atoms with Crippen molar-refractivity contribution in [2.45, 2.75) is 46.7 Å². The first-order chi connectivity index (χ1) is 12.7. The lowest BCUT2D eigenvalue weighted by molar-refractivity contribution is -0.129. The van der Waals surface area contributed by atoms with E-state index in [-0.39, 0.29) is 11.8 Å². The van der Waals surface area contributed by atoms with Gasteiger partial charge in [0.05, 0.1) is 5.56 Å². The molecule has 1 aromatic heterocycles. The smallest absolute Gasteiger partial charge is 0.263 e. The number of rotatable bonds is 3. The molecular weight excluding hydrogens is 336 g/mol. The number of hydrogen-bond acceptors (Lipinski definition) is 2. The van der Waals surface area contributed by atoms with E-state index in [0.29, 0.717) is 12.1 Å². The second-order valence-electron chi connectivity index (χ2n) is 7.94. The van der Waals surface area contributed by atoms with Crippen LogP contribution in [0.2, 0.25) is 0 Å². The lowest BCUT2D eigenvalue weighted by Crippen LogP contribution is -2.48. The number of para-hydroxylation sites is 1. The Morgan fingerprint density at radius 3 is 2.26 bits per heavy atom. The molecule has 0 saturated heterocycles. The Kier molecular flexibility index (Phi) is 4.92. The number of imide groups is 1. The lowest BCUT2D eigenvalue weighted by atomic mass is 10.0. The van der Waals surface area contributed by atoms with Crippen LogP contribution < -0.4 is 0 Å². The van der Waals surface area contributed by atoms with Gasteiger partial charge in [-0.1, -0.05) is 42.5 Å². The summed E-state index contributed by atoms with van der Waals surface area (Å²) in [5.41, 5.74) is 3.38. The van der Waals surface area contributed by atoms with E-state index in [1.807, 2.05) is 63.4 Å². The monoisotopic (exact) mass is 362 g/mol. The molecule has 0 radical (unpaired) electrons. The van der Waals surface area contributed by atoms with Crippen LogP contribution in [0, 0.1) is 6.92 Å². The van der Waals surface area contributed by atoms with Gasteiger partial charge in [-0.15, -0.1) is 0 Å². The van der Waals surface area contributed by atoms with Crippen molar-refractivity contribution in [3.8, 4) is 0 Å². The van der Waals surface area contributed by atoms with Gasteiger partial charge in [-0.3, -0.25) is 14.5 Å². The van der Waals surface area contributed by atoms with Crippen LogP contribution in [0.3, 0.4) is 0 Å². The first-order valence-electron chi connectivity index (χ1n) is 9.17. The zero-order valence-corrected chi connectivity index (χ0v) is 16.6. The fourth-order valence-electron chi connectivity index (χ4n) is 3.56. The van der Waals surface area contributed by atoms with Crippen molar-refractivity contribution in [3.63, 3.8) is 0 Å². The van der Waals surface area contributed by atoms with Crippen molar-refractivity contribution >= 4 is 22.7 Å². The van der Waals surface area contributed by atoms with Gasteiger partial charge in [-0.25, -0.2) is 0 Å². The van der Waals surface area contributed by atoms with Crippen LogP contribution >= 0.6 is 0 Å². The van der Waals surface area contributed by atoms with E-state index >= 15 is 0 Å². The summed E-state index contributed by atoms with van der Waals surface area (Å²) in [6.07, 6.45) is 1.88. The molecule has 4 heteroatoms. The van der Waals surface area contributed by atoms with Gasteiger partial charge < -0.3 is 4.57 Å². The number of hydrogen-bond donors (Lipinski definition) is 0. The molecule has 0 spiro atoms. The average molecular weight is 362 g/mol. The first-order valence-corrected chi connectivity index (χ1v) is 9.17. The quantitative estimate of drug-likeness (QED) is 0.672. The second-order valence-corrected chi connectivity index (χ2v) is 7.94. The minimum absolute atomic E-state index is 0.247. The van der Waals surface area contributed by atoms with Crippen LogP contribution in [-0.4, -0.2) is 26.8 Å². The van der Waals surface area contributed by atoms with Crippen molar-refractivity contribution in [2.24, 2.45) is 0 Å². The van der Waals surface area contributed by atoms with E-state index < -0.39 is 5.54 Å². The summed E-state index contributed by atoms with van der Waals surface area (Å²) in [6, 6.07) is 16.1. The highest BCUT2D eigenvalue weighted by molar-refractivity contribution is 6.12. The predicted octanol–water partition coefficient (Wildman–Crippen LogP) is 4.79. The SMILES string of the molecule is CC(=O)N(C(=O)c1cn(Cc2ccccc2C)c2ccccc12)C(C)(C)C. The Labute approximate surface area is 160 Å². The number of carbonyl (C=O) groups excluding carboxylic acids is 2. The van der Waals surface area contributed by atoms with E-state index in [1.54, 1.807) is 0 Å². The fraction of sp³-hybridized carbons (Fsp3) is 0.304. The van der Waals surface area contributed by atoms with Crippen molar-refractivity contribution < 1.29 is 9.59 Å². The maximum atomic E-state index is 13.3. The summed E-state index contributed by atoms with van der Waals surface area (Å²) in [4.78, 5) is 26.8. The van der Waals surface area contributed by atoms with Crippen molar-refractivity contribution in [3.05, 3.63) is 71.4 Å². The van der Waals surface area contributed by atoms with E-state index in [1.165, 1.54) is 23.0 Å². The summed E-state index contributed by atoms with van der Waals surface area (Å²) < 4.78 is 2.09. The maximum absolute atomic E-state index is 13.3. The number of nitrogens with zero attached hydrogens (tertiary/aromatic N) is 2. The molecule has 3 rings (SSSR count). The van der Waals surface area contributed by atoms with Crippen molar-refractivity contribution in [1.29, 1.82) is 0 Å². The van der Waals surface area contributed by atoms with Gasteiger partial charge in [0, 0.05) is 36.1 Å². The number of benzene rings is 2. The summed E-state index contributed by atoms with van der Waals surface area (Å²) >= 11 is 0. The van der Waals surface area contributed by atoms with Gasteiger partial charge in [-0.2, -0.15) is 0 Å². The third-order valence-corrected chi connectivity index (χ3v) is 4.81. The van der Waals surface area contributed by atoms with Gasteiger partial charge in [0.2, 0.25) is 5.91 Å². The molecule has 0 N–H and O–H groups in total. The Hall–Kier alpha value is -2.88. The van der Waals surface area contributed by atoms with Crippen molar-refractivity contribution in [1.82, 2.24) is 9.47 Å². The third-order valence-electron chi connectivity index (χ3n) is 4.81. The summed E-state index contributed by atoms with van der Waals surface area (Å²) in [5.74, 6) is -0.502. The molecule has 0 aliphatic rings. The molecule has 0 atom stereocenters. The molecular formula is C23H26N2O2. The largest absolute Gasteiger partial charge is 0.342 e. The molecule has 1 heterocycles. The van der Waals surface area contributed by atoms with Gasteiger partial charge >= 0.3 is 0 Å². The standard InChI is InChI=1S/C23H26N2O2/c1-16-10-6-7-11-18(16)14-24-15-20(19-12-8-9-13-21(19)24)22(27)25(17(2)26)23(3,4)5/h6-13,15H,14H2,1-5H3. The number of carbonyl (C=O) groups is 2. The Bertz CT molecular complexity index is 1010. The highest BCUT2D eigenvalue weighted by Crippen LogP contribution is 2.27. The molecule has 0 unspecified atom stereocenters. The second kappa shape index (κ2) is 7.03. The maximum Gasteiger partial charge on any atom is 0.263 e. The molecule has 140 valence electrons. The van der Waals surface area contributed by atoms with Crippen LogP contribution in [0.5, 0.6) is 0 Å². The molecule has 2 amide bonds. The number of aromatic nitrogens is 1. The number of amides is 2. The molecule has 4 nitrogen and oxygen atoms in total. The number of fused-ring (bicyclic) bond motifs is 1. The fourth-order valence-corrected chi connectivity index (χ4v) is 3.56. The molecule has 0 aliphatic carbocycles. The molecule has 2 aromatic carbocycles. The molecule has 0 fully saturated rings. The molecule has 0 aliphatic heterocycles. The summed E-state index contributed by atoms with van der Waals surface area (Å²) in [5, 5.41) is 0.867. The Morgan fingerprint density at radius 1 is 1.00 bits per heavy atom. The minimum atomic E-state index is -0.581. The van der Waals surface area contributed by atoms with Gasteiger partial charge in [0.25, 0.3) is 5.91 Å². The first kappa shape index (κ1) is 18.9. The van der Waals surface area contributed by atoms with Crippen LogP contribution in [-0.2, 0) is 11.3 Å². The summed E-state index contributed by atoms with van der Waals surface area (Å²) in [6.45, 7) is 9.83. The third kappa shape index (κ3) is 3.65. The van der Waals surface area contributed by atoms with Crippen LogP contribution in [0.25, 0.3) is 10.9 Å². The van der Waals surface area contributed by atoms with Gasteiger partial charge in [0.1, 0.15) is 0 Å². The molecule has 0 bridgehead atoms. The van der Waals surface area contributed by atoms with Crippen LogP contribution in [0.1, 0.15) is 49.2 Å². The lowest BCUT2D eigenvalue weighted by Gasteiger charge is -2.32. The molecule has 27 heavy (non-hydrogen) atoms. The highest BCUT2D eigenvalue weighted by Gasteiger charge is 2.32. The average Bonchev–Trinajstić information content (AvgIpc) is 2.94. The van der Waals surface area contributed by atoms with Crippen LogP contribution in [0.15, 0.2) is 54.7 Å². The van der Waals surface area contributed by atoms with E-state index in [4.69, 9.17) is 0 Å². The van der Waals surface area contributed by atoms with Gasteiger partial charge in [-0.05, 0) is 44.9 Å². The Balaban J connectivity index is 2.11. The van der Waals surface area contributed by atoms with E-state index in [9.17, 15) is 9.59 Å². The van der Waals surface area contributed by atoms with E-state index in [0.717, 1.165) is 10.9 Å². The topological polar surface area (TPSA) is 42.3 Å². The minimum Gasteiger partial charge on any atom is -0.342 e. The highest BCUT2D eigenvalue weighted by atomic mass is 16.2. The normalized spacial score (nSPS) is 11.6. The number of aryl methyl sites for hydroxylation is 1. The zero-order chi connectivity index (χ0) is 19.8. The van der Waals surface area contributed by atoms with Crippen LogP contribution in [0.4, 0.5) is 0 Å². The molecule has 3 aromatic rings. The summed E-state index contributed by atoms with van der Waals surface area (Å²) in [7, 11) is 0. The van der Waals surface area contributed by atoms with Gasteiger partial charge in [0.15, 0.2) is 0 Å². The van der Waals surface area contributed by atoms with Crippen molar-refractivity contribution in [2.75, 3.05) is 0 Å².